The number of nitriles is 2. The molecule has 0 radical (unpaired) electrons. The fraction of sp³-hybridized carbons (Fsp3) is 0.150. The second-order valence-corrected chi connectivity index (χ2v) is 6.66. The van der Waals surface area contributed by atoms with E-state index in [9.17, 15) is 10.1 Å². The number of hydrogen-bond donors (Lipinski definition) is 1. The first-order valence-corrected chi connectivity index (χ1v) is 9.30. The number of carbonyl (C=O) groups is 1. The normalized spacial score (nSPS) is 10.5. The van der Waals surface area contributed by atoms with E-state index in [1.54, 1.807) is 37.3 Å². The van der Waals surface area contributed by atoms with Crippen LogP contribution in [-0.2, 0) is 4.79 Å². The topological polar surface area (TPSA) is 95.1 Å². The molecule has 0 spiro atoms. The van der Waals surface area contributed by atoms with Gasteiger partial charge in [0.15, 0.2) is 18.1 Å². The summed E-state index contributed by atoms with van der Waals surface area (Å²) in [5.41, 5.74) is 0.940. The van der Waals surface area contributed by atoms with Crippen LogP contribution in [0.25, 0.3) is 6.08 Å². The Labute approximate surface area is 176 Å². The minimum absolute atomic E-state index is 0.105. The van der Waals surface area contributed by atoms with Crippen LogP contribution in [-0.4, -0.2) is 19.1 Å². The van der Waals surface area contributed by atoms with E-state index < -0.39 is 5.91 Å². The van der Waals surface area contributed by atoms with Crippen molar-refractivity contribution in [2.75, 3.05) is 18.5 Å². The second kappa shape index (κ2) is 10.4. The number of carbonyl (C=O) groups excluding carboxylic acids is 1. The SMILES string of the molecule is CCOc1cc(/C=C(\C#N)C(=O)Nc2ccc(Br)cc2)cc(Cl)c1OCC#N. The number of rotatable bonds is 7. The van der Waals surface area contributed by atoms with Gasteiger partial charge in [-0.25, -0.2) is 0 Å². The highest BCUT2D eigenvalue weighted by Crippen LogP contribution is 2.37. The van der Waals surface area contributed by atoms with Gasteiger partial charge in [0.2, 0.25) is 0 Å². The average Bonchev–Trinajstić information content (AvgIpc) is 2.67. The van der Waals surface area contributed by atoms with Gasteiger partial charge in [-0.3, -0.25) is 4.79 Å². The molecule has 1 N–H and O–H groups in total. The molecule has 0 bridgehead atoms. The Hall–Kier alpha value is -3.00. The molecule has 2 aromatic rings. The molecular weight excluding hydrogens is 446 g/mol. The molecule has 0 aliphatic carbocycles. The van der Waals surface area contributed by atoms with E-state index in [1.165, 1.54) is 12.1 Å². The summed E-state index contributed by atoms with van der Waals surface area (Å²) in [6.45, 7) is 1.95. The first-order valence-electron chi connectivity index (χ1n) is 8.13. The zero-order valence-electron chi connectivity index (χ0n) is 14.8. The van der Waals surface area contributed by atoms with Gasteiger partial charge in [-0.1, -0.05) is 27.5 Å². The van der Waals surface area contributed by atoms with Crippen molar-refractivity contribution in [2.24, 2.45) is 0 Å². The second-order valence-electron chi connectivity index (χ2n) is 5.34. The van der Waals surface area contributed by atoms with Gasteiger partial charge in [-0.15, -0.1) is 0 Å². The van der Waals surface area contributed by atoms with Crippen molar-refractivity contribution in [3.05, 3.63) is 57.0 Å². The number of benzene rings is 2. The summed E-state index contributed by atoms with van der Waals surface area (Å²) < 4.78 is 11.7. The van der Waals surface area contributed by atoms with Crippen LogP contribution in [0.2, 0.25) is 5.02 Å². The lowest BCUT2D eigenvalue weighted by atomic mass is 10.1. The largest absolute Gasteiger partial charge is 0.490 e. The summed E-state index contributed by atoms with van der Waals surface area (Å²) >= 11 is 9.54. The van der Waals surface area contributed by atoms with Crippen molar-refractivity contribution in [2.45, 2.75) is 6.92 Å². The maximum absolute atomic E-state index is 12.4. The minimum Gasteiger partial charge on any atom is -0.490 e. The Bertz CT molecular complexity index is 976. The smallest absolute Gasteiger partial charge is 0.266 e. The number of halogens is 2. The third-order valence-corrected chi connectivity index (χ3v) is 4.20. The molecule has 0 saturated heterocycles. The van der Waals surface area contributed by atoms with E-state index in [0.29, 0.717) is 23.6 Å². The van der Waals surface area contributed by atoms with E-state index in [4.69, 9.17) is 26.3 Å². The standard InChI is InChI=1S/C20H15BrClN3O3/c1-2-27-18-11-13(10-17(22)19(18)28-8-7-23)9-14(12-24)20(26)25-16-5-3-15(21)4-6-16/h3-6,9-11H,2,8H2,1H3,(H,25,26)/b14-9+. The highest BCUT2D eigenvalue weighted by atomic mass is 79.9. The molecule has 0 heterocycles. The van der Waals surface area contributed by atoms with E-state index in [-0.39, 0.29) is 23.0 Å². The van der Waals surface area contributed by atoms with Crippen molar-refractivity contribution in [3.63, 3.8) is 0 Å². The van der Waals surface area contributed by atoms with Crippen LogP contribution in [0, 0.1) is 22.7 Å². The Kier molecular flexibility index (Phi) is 7.88. The number of nitrogens with zero attached hydrogens (tertiary/aromatic N) is 2. The Morgan fingerprint density at radius 1 is 1.25 bits per heavy atom. The average molecular weight is 461 g/mol. The summed E-state index contributed by atoms with van der Waals surface area (Å²) in [6.07, 6.45) is 1.40. The molecule has 6 nitrogen and oxygen atoms in total. The van der Waals surface area contributed by atoms with Gasteiger partial charge in [0.25, 0.3) is 5.91 Å². The van der Waals surface area contributed by atoms with Crippen LogP contribution < -0.4 is 14.8 Å². The number of nitrogens with one attached hydrogen (secondary N) is 1. The molecule has 8 heteroatoms. The van der Waals surface area contributed by atoms with Crippen LogP contribution in [0.1, 0.15) is 12.5 Å². The van der Waals surface area contributed by atoms with Crippen molar-refractivity contribution in [1.82, 2.24) is 0 Å². The minimum atomic E-state index is -0.552. The summed E-state index contributed by atoms with van der Waals surface area (Å²) in [5, 5.41) is 20.9. The summed E-state index contributed by atoms with van der Waals surface area (Å²) in [6, 6.07) is 13.8. The maximum Gasteiger partial charge on any atom is 0.266 e. The van der Waals surface area contributed by atoms with Crippen LogP contribution in [0.4, 0.5) is 5.69 Å². The highest BCUT2D eigenvalue weighted by molar-refractivity contribution is 9.10. The van der Waals surface area contributed by atoms with Gasteiger partial charge in [0.05, 0.1) is 11.6 Å². The lowest BCUT2D eigenvalue weighted by molar-refractivity contribution is -0.112. The summed E-state index contributed by atoms with van der Waals surface area (Å²) in [5.74, 6) is 0.00542. The van der Waals surface area contributed by atoms with Crippen molar-refractivity contribution in [3.8, 4) is 23.6 Å². The van der Waals surface area contributed by atoms with Gasteiger partial charge in [0.1, 0.15) is 17.7 Å². The van der Waals surface area contributed by atoms with Crippen molar-refractivity contribution >= 4 is 45.2 Å². The van der Waals surface area contributed by atoms with Gasteiger partial charge in [-0.2, -0.15) is 10.5 Å². The van der Waals surface area contributed by atoms with Crippen LogP contribution in [0.15, 0.2) is 46.4 Å². The summed E-state index contributed by atoms with van der Waals surface area (Å²) in [7, 11) is 0. The highest BCUT2D eigenvalue weighted by Gasteiger charge is 2.14. The summed E-state index contributed by atoms with van der Waals surface area (Å²) in [4.78, 5) is 12.4. The molecule has 28 heavy (non-hydrogen) atoms. The molecule has 0 unspecified atom stereocenters. The predicted octanol–water partition coefficient (Wildman–Crippen LogP) is 4.95. The maximum atomic E-state index is 12.4. The Morgan fingerprint density at radius 3 is 2.57 bits per heavy atom. The van der Waals surface area contributed by atoms with E-state index in [0.717, 1.165) is 4.47 Å². The van der Waals surface area contributed by atoms with Gasteiger partial charge in [-0.05, 0) is 55.0 Å². The molecular formula is C20H15BrClN3O3. The van der Waals surface area contributed by atoms with Gasteiger partial charge >= 0.3 is 0 Å². The molecule has 2 aromatic carbocycles. The predicted molar refractivity (Wildman–Crippen MR) is 110 cm³/mol. The number of anilines is 1. The first-order chi connectivity index (χ1) is 13.5. The van der Waals surface area contributed by atoms with E-state index in [2.05, 4.69) is 21.2 Å². The molecule has 0 aliphatic heterocycles. The quantitative estimate of drug-likeness (QED) is 0.466. The molecule has 142 valence electrons. The van der Waals surface area contributed by atoms with Crippen LogP contribution in [0.3, 0.4) is 0 Å². The number of amides is 1. The van der Waals surface area contributed by atoms with Crippen LogP contribution in [0.5, 0.6) is 11.5 Å². The third kappa shape index (κ3) is 5.75. The zero-order chi connectivity index (χ0) is 20.5. The molecule has 2 rings (SSSR count). The molecule has 1 amide bonds. The fourth-order valence-corrected chi connectivity index (χ4v) is 2.76. The molecule has 0 aliphatic rings. The van der Waals surface area contributed by atoms with Crippen molar-refractivity contribution < 1.29 is 14.3 Å². The van der Waals surface area contributed by atoms with Crippen molar-refractivity contribution in [1.29, 1.82) is 10.5 Å². The molecule has 0 atom stereocenters. The number of hydrogen-bond acceptors (Lipinski definition) is 5. The Morgan fingerprint density at radius 2 is 1.96 bits per heavy atom. The number of ether oxygens (including phenoxy) is 2. The van der Waals surface area contributed by atoms with Crippen LogP contribution >= 0.6 is 27.5 Å². The van der Waals surface area contributed by atoms with E-state index in [1.807, 2.05) is 12.1 Å². The first kappa shape index (κ1) is 21.3. The third-order valence-electron chi connectivity index (χ3n) is 3.39. The lowest BCUT2D eigenvalue weighted by Gasteiger charge is -2.13. The monoisotopic (exact) mass is 459 g/mol. The zero-order valence-corrected chi connectivity index (χ0v) is 17.2. The fourth-order valence-electron chi connectivity index (χ4n) is 2.23. The van der Waals surface area contributed by atoms with Gasteiger partial charge < -0.3 is 14.8 Å². The molecule has 0 saturated carbocycles. The molecule has 0 fully saturated rings. The van der Waals surface area contributed by atoms with E-state index >= 15 is 0 Å². The Balaban J connectivity index is 2.32. The lowest BCUT2D eigenvalue weighted by Crippen LogP contribution is -2.13. The van der Waals surface area contributed by atoms with Gasteiger partial charge in [0, 0.05) is 10.2 Å². The molecule has 0 aromatic heterocycles.